The van der Waals surface area contributed by atoms with Crippen molar-refractivity contribution in [1.29, 1.82) is 0 Å². The zero-order valence-electron chi connectivity index (χ0n) is 11.5. The molecule has 0 fully saturated rings. The number of aryl methyl sites for hydroxylation is 1. The van der Waals surface area contributed by atoms with Gasteiger partial charge >= 0.3 is 0 Å². The summed E-state index contributed by atoms with van der Waals surface area (Å²) in [4.78, 5) is 1.28. The number of thiocarbonyl (C=S) groups is 1. The second-order valence-electron chi connectivity index (χ2n) is 4.67. The van der Waals surface area contributed by atoms with Crippen LogP contribution < -0.4 is 10.5 Å². The Balaban J connectivity index is 2.05. The highest BCUT2D eigenvalue weighted by atomic mass is 32.2. The van der Waals surface area contributed by atoms with Crippen LogP contribution in [0, 0.1) is 6.92 Å². The largest absolute Gasteiger partial charge is 0.389 e. The number of sulfonamides is 1. The van der Waals surface area contributed by atoms with E-state index in [0.29, 0.717) is 17.7 Å². The van der Waals surface area contributed by atoms with E-state index in [1.165, 1.54) is 0 Å². The number of hydrogen-bond acceptors (Lipinski definition) is 4. The van der Waals surface area contributed by atoms with Crippen LogP contribution in [0.5, 0.6) is 0 Å². The van der Waals surface area contributed by atoms with Crippen molar-refractivity contribution in [2.45, 2.75) is 19.2 Å². The molecule has 0 saturated heterocycles. The van der Waals surface area contributed by atoms with E-state index in [0.717, 1.165) is 10.4 Å². The first-order valence-electron chi connectivity index (χ1n) is 6.26. The molecular weight excluding hydrogens is 324 g/mol. The maximum absolute atomic E-state index is 12.1. The van der Waals surface area contributed by atoms with Gasteiger partial charge in [0, 0.05) is 17.0 Å². The minimum atomic E-state index is -3.40. The molecule has 3 N–H and O–H groups in total. The Morgan fingerprint density at radius 1 is 1.38 bits per heavy atom. The second-order valence-corrected chi connectivity index (χ2v) is 7.92. The molecule has 112 valence electrons. The fourth-order valence-corrected chi connectivity index (χ4v) is 3.99. The van der Waals surface area contributed by atoms with E-state index in [9.17, 15) is 8.42 Å². The quantitative estimate of drug-likeness (QED) is 0.792. The van der Waals surface area contributed by atoms with Gasteiger partial charge in [-0.25, -0.2) is 13.1 Å². The first kappa shape index (κ1) is 16.1. The molecule has 0 aliphatic heterocycles. The SMILES string of the molecule is Cc1ccsc1CNS(=O)(=O)Cc1cccc(C(N)=S)c1. The van der Waals surface area contributed by atoms with E-state index < -0.39 is 10.0 Å². The van der Waals surface area contributed by atoms with Crippen LogP contribution in [-0.2, 0) is 22.3 Å². The third-order valence-corrected chi connectivity index (χ3v) is 5.55. The number of hydrogen-bond donors (Lipinski definition) is 2. The van der Waals surface area contributed by atoms with Gasteiger partial charge in [0.25, 0.3) is 0 Å². The first-order chi connectivity index (χ1) is 9.87. The van der Waals surface area contributed by atoms with Crippen LogP contribution in [-0.4, -0.2) is 13.4 Å². The summed E-state index contributed by atoms with van der Waals surface area (Å²) >= 11 is 6.44. The smallest absolute Gasteiger partial charge is 0.216 e. The molecule has 2 aromatic rings. The molecule has 2 rings (SSSR count). The van der Waals surface area contributed by atoms with Crippen molar-refractivity contribution >= 4 is 38.6 Å². The number of benzene rings is 1. The van der Waals surface area contributed by atoms with Crippen LogP contribution in [0.1, 0.15) is 21.6 Å². The average molecular weight is 340 g/mol. The lowest BCUT2D eigenvalue weighted by molar-refractivity contribution is 0.581. The lowest BCUT2D eigenvalue weighted by Crippen LogP contribution is -2.24. The highest BCUT2D eigenvalue weighted by Gasteiger charge is 2.13. The summed E-state index contributed by atoms with van der Waals surface area (Å²) in [7, 11) is -3.40. The van der Waals surface area contributed by atoms with Gasteiger partial charge in [-0.3, -0.25) is 0 Å². The third kappa shape index (κ3) is 4.60. The van der Waals surface area contributed by atoms with Crippen molar-refractivity contribution in [2.24, 2.45) is 5.73 Å². The Kier molecular flexibility index (Phi) is 5.10. The molecule has 0 atom stereocenters. The lowest BCUT2D eigenvalue weighted by atomic mass is 10.1. The summed E-state index contributed by atoms with van der Waals surface area (Å²) < 4.78 is 26.9. The predicted octanol–water partition coefficient (Wildman–Crippen LogP) is 2.31. The number of nitrogens with two attached hydrogens (primary N) is 1. The molecule has 1 aromatic heterocycles. The number of thiophene rings is 1. The van der Waals surface area contributed by atoms with E-state index >= 15 is 0 Å². The summed E-state index contributed by atoms with van der Waals surface area (Å²) in [6, 6.07) is 8.94. The van der Waals surface area contributed by atoms with Gasteiger partial charge in [-0.15, -0.1) is 11.3 Å². The maximum atomic E-state index is 12.1. The first-order valence-corrected chi connectivity index (χ1v) is 9.20. The van der Waals surface area contributed by atoms with E-state index in [-0.39, 0.29) is 10.7 Å². The summed E-state index contributed by atoms with van der Waals surface area (Å²) in [5, 5.41) is 1.95. The normalized spacial score (nSPS) is 11.5. The fourth-order valence-electron chi connectivity index (χ4n) is 1.85. The zero-order chi connectivity index (χ0) is 15.5. The van der Waals surface area contributed by atoms with Crippen molar-refractivity contribution in [2.75, 3.05) is 0 Å². The Morgan fingerprint density at radius 2 is 2.14 bits per heavy atom. The van der Waals surface area contributed by atoms with E-state index in [1.54, 1.807) is 35.6 Å². The van der Waals surface area contributed by atoms with Crippen LogP contribution in [0.3, 0.4) is 0 Å². The molecule has 0 bridgehead atoms. The van der Waals surface area contributed by atoms with Crippen LogP contribution in [0.4, 0.5) is 0 Å². The molecule has 0 unspecified atom stereocenters. The fraction of sp³-hybridized carbons (Fsp3) is 0.214. The van der Waals surface area contributed by atoms with Crippen molar-refractivity contribution in [3.05, 3.63) is 57.3 Å². The Hall–Kier alpha value is -1.28. The van der Waals surface area contributed by atoms with E-state index in [4.69, 9.17) is 18.0 Å². The summed E-state index contributed by atoms with van der Waals surface area (Å²) in [6.45, 7) is 2.28. The summed E-state index contributed by atoms with van der Waals surface area (Å²) in [5.74, 6) is -0.0894. The Bertz CT molecular complexity index is 751. The topological polar surface area (TPSA) is 72.2 Å². The predicted molar refractivity (Wildman–Crippen MR) is 90.8 cm³/mol. The molecule has 0 aliphatic carbocycles. The molecule has 4 nitrogen and oxygen atoms in total. The molecule has 0 spiro atoms. The minimum Gasteiger partial charge on any atom is -0.389 e. The van der Waals surface area contributed by atoms with Gasteiger partial charge in [0.05, 0.1) is 5.75 Å². The van der Waals surface area contributed by atoms with Crippen molar-refractivity contribution in [3.8, 4) is 0 Å². The van der Waals surface area contributed by atoms with E-state index in [1.807, 2.05) is 18.4 Å². The van der Waals surface area contributed by atoms with Gasteiger partial charge in [0.1, 0.15) is 4.99 Å². The van der Waals surface area contributed by atoms with Gasteiger partial charge in [-0.1, -0.05) is 30.4 Å². The van der Waals surface area contributed by atoms with Gasteiger partial charge in [-0.2, -0.15) is 0 Å². The van der Waals surface area contributed by atoms with Crippen molar-refractivity contribution in [1.82, 2.24) is 4.72 Å². The zero-order valence-corrected chi connectivity index (χ0v) is 13.9. The minimum absolute atomic E-state index is 0.0894. The van der Waals surface area contributed by atoms with E-state index in [2.05, 4.69) is 4.72 Å². The molecule has 0 amide bonds. The van der Waals surface area contributed by atoms with Gasteiger partial charge in [0.15, 0.2) is 0 Å². The maximum Gasteiger partial charge on any atom is 0.216 e. The van der Waals surface area contributed by atoms with Crippen LogP contribution in [0.2, 0.25) is 0 Å². The highest BCUT2D eigenvalue weighted by Crippen LogP contribution is 2.16. The molecule has 0 saturated carbocycles. The third-order valence-electron chi connectivity index (χ3n) is 2.99. The molecular formula is C14H16N2O2S3. The molecule has 1 aromatic carbocycles. The number of rotatable bonds is 6. The molecule has 0 aliphatic rings. The van der Waals surface area contributed by atoms with Crippen LogP contribution in [0.15, 0.2) is 35.7 Å². The van der Waals surface area contributed by atoms with Crippen LogP contribution in [0.25, 0.3) is 0 Å². The standard InChI is InChI=1S/C14H16N2O2S3/c1-10-5-6-20-13(10)8-16-21(17,18)9-11-3-2-4-12(7-11)14(15)19/h2-7,16H,8-9H2,1H3,(H2,15,19). The molecule has 1 heterocycles. The average Bonchev–Trinajstić information content (AvgIpc) is 2.82. The highest BCUT2D eigenvalue weighted by molar-refractivity contribution is 7.88. The summed E-state index contributed by atoms with van der Waals surface area (Å²) in [5.41, 5.74) is 7.98. The van der Waals surface area contributed by atoms with Gasteiger partial charge in [-0.05, 0) is 35.6 Å². The Labute approximate surface area is 134 Å². The monoisotopic (exact) mass is 340 g/mol. The van der Waals surface area contributed by atoms with Crippen molar-refractivity contribution < 1.29 is 8.42 Å². The lowest BCUT2D eigenvalue weighted by Gasteiger charge is -2.08. The Morgan fingerprint density at radius 3 is 2.76 bits per heavy atom. The van der Waals surface area contributed by atoms with Crippen LogP contribution >= 0.6 is 23.6 Å². The van der Waals surface area contributed by atoms with Gasteiger partial charge in [0.2, 0.25) is 10.0 Å². The summed E-state index contributed by atoms with van der Waals surface area (Å²) in [6.07, 6.45) is 0. The second kappa shape index (κ2) is 6.65. The molecule has 0 radical (unpaired) electrons. The van der Waals surface area contributed by atoms with Crippen molar-refractivity contribution in [3.63, 3.8) is 0 Å². The molecule has 21 heavy (non-hydrogen) atoms. The number of nitrogens with one attached hydrogen (secondary N) is 1. The van der Waals surface area contributed by atoms with Gasteiger partial charge < -0.3 is 5.73 Å². The molecule has 7 heteroatoms.